The molecule has 2 amide bonds. The van der Waals surface area contributed by atoms with Gasteiger partial charge in [-0.1, -0.05) is 35.3 Å². The second-order valence-corrected chi connectivity index (χ2v) is 7.56. The van der Waals surface area contributed by atoms with E-state index in [4.69, 9.17) is 32.4 Å². The van der Waals surface area contributed by atoms with Gasteiger partial charge in [0.2, 0.25) is 11.8 Å². The van der Waals surface area contributed by atoms with Crippen molar-refractivity contribution in [3.8, 4) is 5.75 Å². The summed E-state index contributed by atoms with van der Waals surface area (Å²) in [4.78, 5) is 35.7. The van der Waals surface area contributed by atoms with Crippen molar-refractivity contribution < 1.29 is 18.7 Å². The Balaban J connectivity index is 1.31. The maximum absolute atomic E-state index is 11.9. The van der Waals surface area contributed by atoms with E-state index in [1.807, 2.05) is 6.07 Å². The number of para-hydroxylation sites is 2. The van der Waals surface area contributed by atoms with Crippen LogP contribution in [0.4, 0.5) is 0 Å². The molecule has 0 aliphatic rings. The van der Waals surface area contributed by atoms with E-state index in [0.29, 0.717) is 46.3 Å². The lowest BCUT2D eigenvalue weighted by molar-refractivity contribution is -0.129. The summed E-state index contributed by atoms with van der Waals surface area (Å²) in [6.45, 7) is 0.623. The SMILES string of the molecule is O=C(CCCOc1ccc(Cl)cc1Cl)NNC(=O)CCCn1c(=O)oc2ccccc21. The van der Waals surface area contributed by atoms with Gasteiger partial charge in [0.1, 0.15) is 5.75 Å². The van der Waals surface area contributed by atoms with Crippen LogP contribution in [0, 0.1) is 0 Å². The summed E-state index contributed by atoms with van der Waals surface area (Å²) < 4.78 is 12.1. The third-order valence-electron chi connectivity index (χ3n) is 4.40. The molecule has 0 radical (unpaired) electrons. The molecular formula is C21H21Cl2N3O5. The quantitative estimate of drug-likeness (QED) is 0.370. The third-order valence-corrected chi connectivity index (χ3v) is 4.93. The monoisotopic (exact) mass is 465 g/mol. The van der Waals surface area contributed by atoms with Crippen LogP contribution >= 0.6 is 23.2 Å². The van der Waals surface area contributed by atoms with Crippen molar-refractivity contribution in [1.82, 2.24) is 15.4 Å². The van der Waals surface area contributed by atoms with Crippen LogP contribution < -0.4 is 21.3 Å². The zero-order valence-corrected chi connectivity index (χ0v) is 18.0. The zero-order chi connectivity index (χ0) is 22.2. The van der Waals surface area contributed by atoms with Gasteiger partial charge in [0.25, 0.3) is 0 Å². The van der Waals surface area contributed by atoms with Crippen molar-refractivity contribution in [3.05, 3.63) is 63.1 Å². The summed E-state index contributed by atoms with van der Waals surface area (Å²) in [7, 11) is 0. The van der Waals surface area contributed by atoms with Crippen molar-refractivity contribution in [2.45, 2.75) is 32.2 Å². The molecular weight excluding hydrogens is 445 g/mol. The predicted octanol–water partition coefficient (Wildman–Crippen LogP) is 3.69. The minimum atomic E-state index is -0.461. The fraction of sp³-hybridized carbons (Fsp3) is 0.286. The number of carbonyl (C=O) groups excluding carboxylic acids is 2. The molecule has 8 nitrogen and oxygen atoms in total. The fourth-order valence-corrected chi connectivity index (χ4v) is 3.36. The van der Waals surface area contributed by atoms with E-state index >= 15 is 0 Å². The smallest absolute Gasteiger partial charge is 0.419 e. The first-order valence-electron chi connectivity index (χ1n) is 9.68. The second kappa shape index (κ2) is 10.9. The standard InChI is InChI=1S/C21H21Cl2N3O5/c22-14-9-10-17(15(23)13-14)30-12-4-8-20(28)25-24-19(27)7-3-11-26-16-5-1-2-6-18(16)31-21(26)29/h1-2,5-6,9-10,13H,3-4,7-8,11-12H2,(H,24,27)(H,25,28). The number of ether oxygens (including phenoxy) is 1. The zero-order valence-electron chi connectivity index (χ0n) is 16.5. The van der Waals surface area contributed by atoms with Crippen LogP contribution in [0.2, 0.25) is 10.0 Å². The summed E-state index contributed by atoms with van der Waals surface area (Å²) in [5, 5.41) is 0.910. The first kappa shape index (κ1) is 22.7. The fourth-order valence-electron chi connectivity index (χ4n) is 2.89. The van der Waals surface area contributed by atoms with Gasteiger partial charge in [-0.3, -0.25) is 25.0 Å². The Hall–Kier alpha value is -2.97. The van der Waals surface area contributed by atoms with Crippen LogP contribution in [0.25, 0.3) is 11.1 Å². The number of nitrogens with zero attached hydrogens (tertiary/aromatic N) is 1. The number of oxazole rings is 1. The average molecular weight is 466 g/mol. The van der Waals surface area contributed by atoms with E-state index in [-0.39, 0.29) is 31.3 Å². The van der Waals surface area contributed by atoms with E-state index in [9.17, 15) is 14.4 Å². The number of hydrogen-bond donors (Lipinski definition) is 2. The molecule has 0 bridgehead atoms. The highest BCUT2D eigenvalue weighted by atomic mass is 35.5. The Morgan fingerprint density at radius 1 is 1.00 bits per heavy atom. The summed E-state index contributed by atoms with van der Waals surface area (Å²) in [5.41, 5.74) is 5.91. The molecule has 0 spiro atoms. The number of carbonyl (C=O) groups is 2. The van der Waals surface area contributed by atoms with E-state index in [1.165, 1.54) is 4.57 Å². The first-order valence-corrected chi connectivity index (χ1v) is 10.4. The summed E-state index contributed by atoms with van der Waals surface area (Å²) in [6.07, 6.45) is 1.17. The van der Waals surface area contributed by atoms with Crippen molar-refractivity contribution in [1.29, 1.82) is 0 Å². The topological polar surface area (TPSA) is 103 Å². The molecule has 3 rings (SSSR count). The molecule has 2 N–H and O–H groups in total. The Morgan fingerprint density at radius 2 is 1.71 bits per heavy atom. The summed E-state index contributed by atoms with van der Waals surface area (Å²) in [6, 6.07) is 12.0. The molecule has 2 aromatic carbocycles. The van der Waals surface area contributed by atoms with Crippen LogP contribution in [0.1, 0.15) is 25.7 Å². The van der Waals surface area contributed by atoms with Gasteiger partial charge < -0.3 is 9.15 Å². The van der Waals surface area contributed by atoms with Gasteiger partial charge in [0.05, 0.1) is 17.1 Å². The van der Waals surface area contributed by atoms with Crippen LogP contribution in [0.5, 0.6) is 5.75 Å². The number of benzene rings is 2. The molecule has 1 aromatic heterocycles. The number of hydrazine groups is 1. The third kappa shape index (κ3) is 6.50. The largest absolute Gasteiger partial charge is 0.492 e. The second-order valence-electron chi connectivity index (χ2n) is 6.71. The Labute approximate surface area is 188 Å². The van der Waals surface area contributed by atoms with Gasteiger partial charge >= 0.3 is 5.76 Å². The van der Waals surface area contributed by atoms with Crippen LogP contribution in [0.3, 0.4) is 0 Å². The Morgan fingerprint density at radius 3 is 2.45 bits per heavy atom. The number of aryl methyl sites for hydroxylation is 1. The lowest BCUT2D eigenvalue weighted by Crippen LogP contribution is -2.41. The van der Waals surface area contributed by atoms with Crippen molar-refractivity contribution >= 4 is 46.1 Å². The number of nitrogens with one attached hydrogen (secondary N) is 2. The van der Waals surface area contributed by atoms with Gasteiger partial charge in [0.15, 0.2) is 5.58 Å². The molecule has 31 heavy (non-hydrogen) atoms. The van der Waals surface area contributed by atoms with E-state index in [2.05, 4.69) is 10.9 Å². The predicted molar refractivity (Wildman–Crippen MR) is 117 cm³/mol. The van der Waals surface area contributed by atoms with Crippen molar-refractivity contribution in [2.75, 3.05) is 6.61 Å². The minimum absolute atomic E-state index is 0.143. The molecule has 0 aliphatic heterocycles. The highest BCUT2D eigenvalue weighted by Crippen LogP contribution is 2.27. The molecule has 0 fully saturated rings. The van der Waals surface area contributed by atoms with Crippen molar-refractivity contribution in [2.24, 2.45) is 0 Å². The Bertz CT molecular complexity index is 1130. The molecule has 3 aromatic rings. The molecule has 164 valence electrons. The van der Waals surface area contributed by atoms with Gasteiger partial charge in [0, 0.05) is 24.4 Å². The highest BCUT2D eigenvalue weighted by Gasteiger charge is 2.10. The van der Waals surface area contributed by atoms with Gasteiger partial charge in [-0.05, 0) is 43.2 Å². The van der Waals surface area contributed by atoms with E-state index in [1.54, 1.807) is 36.4 Å². The molecule has 0 aliphatic carbocycles. The number of fused-ring (bicyclic) bond motifs is 1. The maximum Gasteiger partial charge on any atom is 0.419 e. The van der Waals surface area contributed by atoms with Gasteiger partial charge in [-0.15, -0.1) is 0 Å². The van der Waals surface area contributed by atoms with Gasteiger partial charge in [-0.25, -0.2) is 4.79 Å². The lowest BCUT2D eigenvalue weighted by Gasteiger charge is -2.09. The van der Waals surface area contributed by atoms with Crippen LogP contribution in [0.15, 0.2) is 51.7 Å². The molecule has 1 heterocycles. The first-order chi connectivity index (χ1) is 14.9. The number of hydrogen-bond acceptors (Lipinski definition) is 5. The number of aromatic nitrogens is 1. The van der Waals surface area contributed by atoms with Gasteiger partial charge in [-0.2, -0.15) is 0 Å². The van der Waals surface area contributed by atoms with Crippen LogP contribution in [-0.4, -0.2) is 23.0 Å². The lowest BCUT2D eigenvalue weighted by atomic mass is 10.3. The molecule has 0 saturated carbocycles. The Kier molecular flexibility index (Phi) is 7.97. The molecule has 0 unspecified atom stereocenters. The maximum atomic E-state index is 11.9. The van der Waals surface area contributed by atoms with Crippen LogP contribution in [-0.2, 0) is 16.1 Å². The normalized spacial score (nSPS) is 10.8. The average Bonchev–Trinajstić information content (AvgIpc) is 3.06. The summed E-state index contributed by atoms with van der Waals surface area (Å²) in [5.74, 6) is -0.657. The number of rotatable bonds is 9. The highest BCUT2D eigenvalue weighted by molar-refractivity contribution is 6.35. The minimum Gasteiger partial charge on any atom is -0.492 e. The number of amides is 2. The molecule has 0 saturated heterocycles. The molecule has 10 heteroatoms. The number of halogens is 2. The van der Waals surface area contributed by atoms with E-state index in [0.717, 1.165) is 0 Å². The molecule has 0 atom stereocenters. The summed E-state index contributed by atoms with van der Waals surface area (Å²) >= 11 is 11.8. The van der Waals surface area contributed by atoms with E-state index < -0.39 is 5.76 Å². The van der Waals surface area contributed by atoms with Crippen molar-refractivity contribution in [3.63, 3.8) is 0 Å².